The van der Waals surface area contributed by atoms with Crippen molar-refractivity contribution in [1.82, 2.24) is 14.5 Å². The highest BCUT2D eigenvalue weighted by atomic mass is 35.5. The van der Waals surface area contributed by atoms with Crippen LogP contribution in [0.5, 0.6) is 0 Å². The molecule has 1 atom stereocenters. The average molecular weight is 300 g/mol. The molecule has 2 heterocycles. The van der Waals surface area contributed by atoms with Crippen LogP contribution in [0.1, 0.15) is 24.2 Å². The molecule has 1 unspecified atom stereocenters. The maximum absolute atomic E-state index is 5.92. The Labute approximate surface area is 129 Å². The zero-order valence-corrected chi connectivity index (χ0v) is 12.8. The van der Waals surface area contributed by atoms with Crippen LogP contribution in [0.4, 0.5) is 0 Å². The Morgan fingerprint density at radius 3 is 2.76 bits per heavy atom. The number of hydrogen-bond acceptors (Lipinski definition) is 2. The number of fused-ring (bicyclic) bond motifs is 1. The number of rotatable bonds is 5. The molecule has 0 radical (unpaired) electrons. The minimum Gasteiger partial charge on any atom is -0.327 e. The second-order valence-electron chi connectivity index (χ2n) is 5.25. The number of aryl methyl sites for hydroxylation is 1. The van der Waals surface area contributed by atoms with Crippen LogP contribution in [0.2, 0.25) is 0 Å². The lowest BCUT2D eigenvalue weighted by molar-refractivity contribution is 0.588. The zero-order chi connectivity index (χ0) is 14.7. The summed E-state index contributed by atoms with van der Waals surface area (Å²) in [6, 6.07) is 12.6. The second kappa shape index (κ2) is 6.27. The lowest BCUT2D eigenvalue weighted by atomic mass is 10.0. The van der Waals surface area contributed by atoms with Crippen LogP contribution in [-0.4, -0.2) is 20.4 Å². The number of hydrogen-bond donors (Lipinski definition) is 0. The van der Waals surface area contributed by atoms with Crippen LogP contribution in [0.25, 0.3) is 11.0 Å². The topological polar surface area (TPSA) is 30.7 Å². The summed E-state index contributed by atoms with van der Waals surface area (Å²) in [5.74, 6) is 2.04. The highest BCUT2D eigenvalue weighted by molar-refractivity contribution is 6.17. The predicted molar refractivity (Wildman–Crippen MR) is 86.8 cm³/mol. The Kier molecular flexibility index (Phi) is 4.20. The third-order valence-corrected chi connectivity index (χ3v) is 3.96. The van der Waals surface area contributed by atoms with E-state index in [2.05, 4.69) is 45.7 Å². The number of imidazole rings is 1. The Morgan fingerprint density at radius 1 is 1.19 bits per heavy atom. The van der Waals surface area contributed by atoms with Crippen molar-refractivity contribution in [3.63, 3.8) is 0 Å². The van der Waals surface area contributed by atoms with Crippen molar-refractivity contribution in [2.75, 3.05) is 5.88 Å². The largest absolute Gasteiger partial charge is 0.327 e. The van der Waals surface area contributed by atoms with Crippen molar-refractivity contribution < 1.29 is 0 Å². The third kappa shape index (κ3) is 2.93. The minimum atomic E-state index is 0.422. The number of halogens is 1. The molecule has 0 spiro atoms. The van der Waals surface area contributed by atoms with Crippen molar-refractivity contribution in [2.45, 2.75) is 25.8 Å². The molecule has 0 saturated heterocycles. The number of aromatic nitrogens is 3. The van der Waals surface area contributed by atoms with Gasteiger partial charge in [0.25, 0.3) is 0 Å². The highest BCUT2D eigenvalue weighted by Gasteiger charge is 2.14. The van der Waals surface area contributed by atoms with Gasteiger partial charge in [0, 0.05) is 25.0 Å². The van der Waals surface area contributed by atoms with Crippen LogP contribution in [0.15, 0.2) is 48.8 Å². The molecule has 3 nitrogen and oxygen atoms in total. The summed E-state index contributed by atoms with van der Waals surface area (Å²) in [6.45, 7) is 3.14. The molecule has 0 aliphatic rings. The average Bonchev–Trinajstić information content (AvgIpc) is 2.86. The van der Waals surface area contributed by atoms with E-state index in [-0.39, 0.29) is 0 Å². The van der Waals surface area contributed by atoms with Crippen molar-refractivity contribution in [2.24, 2.45) is 0 Å². The van der Waals surface area contributed by atoms with Gasteiger partial charge < -0.3 is 4.57 Å². The number of pyridine rings is 1. The van der Waals surface area contributed by atoms with Gasteiger partial charge >= 0.3 is 0 Å². The molecule has 108 valence electrons. The molecule has 0 N–H and O–H groups in total. The van der Waals surface area contributed by atoms with Crippen molar-refractivity contribution in [1.29, 1.82) is 0 Å². The molecule has 0 aliphatic carbocycles. The van der Waals surface area contributed by atoms with Crippen LogP contribution in [0, 0.1) is 0 Å². The monoisotopic (exact) mass is 299 g/mol. The predicted octanol–water partition coefficient (Wildman–Crippen LogP) is 4.02. The highest BCUT2D eigenvalue weighted by Crippen LogP contribution is 2.22. The normalized spacial score (nSPS) is 12.7. The standard InChI is InChI=1S/C17H18ClN3/c1-13(14-5-3-2-4-6-14)12-21-16-8-10-19-11-15(16)20-17(21)7-9-18/h2-6,8,10-11,13H,7,9,12H2,1H3. The number of alkyl halides is 1. The fourth-order valence-electron chi connectivity index (χ4n) is 2.67. The lowest BCUT2D eigenvalue weighted by Gasteiger charge is -2.15. The van der Waals surface area contributed by atoms with Gasteiger partial charge in [-0.3, -0.25) is 4.98 Å². The maximum atomic E-state index is 5.92. The fraction of sp³-hybridized carbons (Fsp3) is 0.294. The molecule has 3 rings (SSSR count). The summed E-state index contributed by atoms with van der Waals surface area (Å²) in [5, 5.41) is 0. The van der Waals surface area contributed by atoms with Crippen molar-refractivity contribution >= 4 is 22.6 Å². The molecule has 0 fully saturated rings. The Bertz CT molecular complexity index is 721. The van der Waals surface area contributed by atoms with E-state index in [1.54, 1.807) is 0 Å². The molecule has 0 saturated carbocycles. The first kappa shape index (κ1) is 14.1. The van der Waals surface area contributed by atoms with Gasteiger partial charge in [-0.1, -0.05) is 37.3 Å². The molecular weight excluding hydrogens is 282 g/mol. The molecule has 0 aliphatic heterocycles. The minimum absolute atomic E-state index is 0.422. The summed E-state index contributed by atoms with van der Waals surface area (Å²) in [7, 11) is 0. The lowest BCUT2D eigenvalue weighted by Crippen LogP contribution is -2.10. The van der Waals surface area contributed by atoms with E-state index in [4.69, 9.17) is 11.6 Å². The van der Waals surface area contributed by atoms with Gasteiger partial charge in [-0.05, 0) is 17.5 Å². The van der Waals surface area contributed by atoms with Gasteiger partial charge in [-0.2, -0.15) is 0 Å². The maximum Gasteiger partial charge on any atom is 0.111 e. The molecule has 4 heteroatoms. The number of benzene rings is 1. The third-order valence-electron chi connectivity index (χ3n) is 3.77. The fourth-order valence-corrected chi connectivity index (χ4v) is 2.84. The van der Waals surface area contributed by atoms with E-state index >= 15 is 0 Å². The zero-order valence-electron chi connectivity index (χ0n) is 12.0. The molecule has 3 aromatic rings. The first-order chi connectivity index (χ1) is 10.3. The van der Waals surface area contributed by atoms with Gasteiger partial charge in [-0.15, -0.1) is 11.6 Å². The first-order valence-corrected chi connectivity index (χ1v) is 7.73. The van der Waals surface area contributed by atoms with Gasteiger partial charge in [0.2, 0.25) is 0 Å². The second-order valence-corrected chi connectivity index (χ2v) is 5.63. The van der Waals surface area contributed by atoms with E-state index in [0.717, 1.165) is 29.8 Å². The van der Waals surface area contributed by atoms with E-state index < -0.39 is 0 Å². The SMILES string of the molecule is CC(Cn1c(CCCl)nc2cnccc21)c1ccccc1. The van der Waals surface area contributed by atoms with Gasteiger partial charge in [0.15, 0.2) is 0 Å². The van der Waals surface area contributed by atoms with Gasteiger partial charge in [-0.25, -0.2) is 4.98 Å². The van der Waals surface area contributed by atoms with E-state index in [1.165, 1.54) is 5.56 Å². The Hall–Kier alpha value is -1.87. The summed E-state index contributed by atoms with van der Waals surface area (Å²) in [6.07, 6.45) is 4.41. The number of nitrogens with zero attached hydrogens (tertiary/aromatic N) is 3. The van der Waals surface area contributed by atoms with Crippen LogP contribution >= 0.6 is 11.6 Å². The van der Waals surface area contributed by atoms with Crippen molar-refractivity contribution in [3.8, 4) is 0 Å². The molecular formula is C17H18ClN3. The summed E-state index contributed by atoms with van der Waals surface area (Å²) in [5.41, 5.74) is 3.41. The quantitative estimate of drug-likeness (QED) is 0.666. The first-order valence-electron chi connectivity index (χ1n) is 7.19. The van der Waals surface area contributed by atoms with Crippen LogP contribution in [0.3, 0.4) is 0 Å². The molecule has 0 amide bonds. The van der Waals surface area contributed by atoms with Crippen LogP contribution in [-0.2, 0) is 13.0 Å². The van der Waals surface area contributed by atoms with Gasteiger partial charge in [0.1, 0.15) is 11.3 Å². The molecule has 1 aromatic carbocycles. The molecule has 0 bridgehead atoms. The summed E-state index contributed by atoms with van der Waals surface area (Å²) >= 11 is 5.92. The van der Waals surface area contributed by atoms with Gasteiger partial charge in [0.05, 0.1) is 11.7 Å². The van der Waals surface area contributed by atoms with E-state index in [1.807, 2.05) is 24.5 Å². The van der Waals surface area contributed by atoms with E-state index in [9.17, 15) is 0 Å². The Morgan fingerprint density at radius 2 is 2.00 bits per heavy atom. The summed E-state index contributed by atoms with van der Waals surface area (Å²) in [4.78, 5) is 8.82. The van der Waals surface area contributed by atoms with Crippen LogP contribution < -0.4 is 0 Å². The molecule has 2 aromatic heterocycles. The molecule has 21 heavy (non-hydrogen) atoms. The Balaban J connectivity index is 1.97. The van der Waals surface area contributed by atoms with E-state index in [0.29, 0.717) is 11.8 Å². The smallest absolute Gasteiger partial charge is 0.111 e. The summed E-state index contributed by atoms with van der Waals surface area (Å²) < 4.78 is 2.27. The van der Waals surface area contributed by atoms with Crippen molar-refractivity contribution in [3.05, 3.63) is 60.2 Å².